The van der Waals surface area contributed by atoms with Crippen LogP contribution in [0.2, 0.25) is 0 Å². The van der Waals surface area contributed by atoms with E-state index < -0.39 is 12.3 Å². The van der Waals surface area contributed by atoms with E-state index in [1.165, 1.54) is 4.90 Å². The zero-order chi connectivity index (χ0) is 11.0. The number of halogens is 2. The number of rotatable bonds is 7. The standard InChI is InChI=1S/C10H19F2NO/c1-3-5-7-13(8-6-4-2)10(14)9(11)12/h9H,3-8H2,1-2H3. The maximum absolute atomic E-state index is 12.1. The van der Waals surface area contributed by atoms with Gasteiger partial charge in [0.25, 0.3) is 5.91 Å². The lowest BCUT2D eigenvalue weighted by atomic mass is 10.2. The fraction of sp³-hybridized carbons (Fsp3) is 0.900. The van der Waals surface area contributed by atoms with Crippen LogP contribution in [0.4, 0.5) is 8.78 Å². The van der Waals surface area contributed by atoms with Gasteiger partial charge in [-0.1, -0.05) is 26.7 Å². The van der Waals surface area contributed by atoms with Crippen molar-refractivity contribution in [3.63, 3.8) is 0 Å². The number of hydrogen-bond donors (Lipinski definition) is 0. The van der Waals surface area contributed by atoms with Gasteiger partial charge in [-0.3, -0.25) is 4.79 Å². The Hall–Kier alpha value is -0.670. The molecule has 84 valence electrons. The van der Waals surface area contributed by atoms with E-state index in [4.69, 9.17) is 0 Å². The number of hydrogen-bond acceptors (Lipinski definition) is 1. The summed E-state index contributed by atoms with van der Waals surface area (Å²) >= 11 is 0. The first-order valence-corrected chi connectivity index (χ1v) is 5.20. The first-order chi connectivity index (χ1) is 6.63. The van der Waals surface area contributed by atoms with E-state index >= 15 is 0 Å². The first kappa shape index (κ1) is 13.3. The van der Waals surface area contributed by atoms with E-state index in [1.54, 1.807) is 0 Å². The van der Waals surface area contributed by atoms with Crippen LogP contribution in [0.1, 0.15) is 39.5 Å². The fourth-order valence-corrected chi connectivity index (χ4v) is 1.17. The van der Waals surface area contributed by atoms with Crippen molar-refractivity contribution in [1.29, 1.82) is 0 Å². The third-order valence-electron chi connectivity index (χ3n) is 2.06. The molecule has 0 aromatic heterocycles. The Balaban J connectivity index is 4.01. The van der Waals surface area contributed by atoms with Crippen molar-refractivity contribution in [3.05, 3.63) is 0 Å². The Kier molecular flexibility index (Phi) is 7.34. The molecule has 14 heavy (non-hydrogen) atoms. The van der Waals surface area contributed by atoms with E-state index in [1.807, 2.05) is 13.8 Å². The number of unbranched alkanes of at least 4 members (excludes halogenated alkanes) is 2. The molecule has 0 fully saturated rings. The second kappa shape index (κ2) is 7.71. The molecule has 0 aliphatic heterocycles. The van der Waals surface area contributed by atoms with Crippen LogP contribution >= 0.6 is 0 Å². The summed E-state index contributed by atoms with van der Waals surface area (Å²) in [5, 5.41) is 0. The lowest BCUT2D eigenvalue weighted by molar-refractivity contribution is -0.143. The van der Waals surface area contributed by atoms with Crippen LogP contribution in [0.25, 0.3) is 0 Å². The van der Waals surface area contributed by atoms with Crippen LogP contribution < -0.4 is 0 Å². The summed E-state index contributed by atoms with van der Waals surface area (Å²) in [6, 6.07) is 0. The molecule has 0 aromatic rings. The summed E-state index contributed by atoms with van der Waals surface area (Å²) in [5.41, 5.74) is 0. The molecular weight excluding hydrogens is 188 g/mol. The van der Waals surface area contributed by atoms with Crippen molar-refractivity contribution in [2.24, 2.45) is 0 Å². The van der Waals surface area contributed by atoms with Crippen LogP contribution in [-0.4, -0.2) is 30.3 Å². The van der Waals surface area contributed by atoms with Gasteiger partial charge >= 0.3 is 6.43 Å². The van der Waals surface area contributed by atoms with E-state index in [0.717, 1.165) is 25.7 Å². The zero-order valence-electron chi connectivity index (χ0n) is 8.93. The maximum Gasteiger partial charge on any atom is 0.315 e. The molecular formula is C10H19F2NO. The molecule has 0 saturated carbocycles. The smallest absolute Gasteiger partial charge is 0.315 e. The SMILES string of the molecule is CCCCN(CCCC)C(=O)C(F)F. The molecule has 0 unspecified atom stereocenters. The molecule has 0 heterocycles. The average Bonchev–Trinajstić information content (AvgIpc) is 2.17. The van der Waals surface area contributed by atoms with E-state index in [-0.39, 0.29) is 0 Å². The van der Waals surface area contributed by atoms with Crippen LogP contribution in [0, 0.1) is 0 Å². The van der Waals surface area contributed by atoms with Gasteiger partial charge in [0.05, 0.1) is 0 Å². The van der Waals surface area contributed by atoms with E-state index in [0.29, 0.717) is 13.1 Å². The second-order valence-electron chi connectivity index (χ2n) is 3.33. The van der Waals surface area contributed by atoms with Crippen LogP contribution in [0.3, 0.4) is 0 Å². The minimum absolute atomic E-state index is 0.458. The molecule has 0 saturated heterocycles. The molecule has 4 heteroatoms. The molecule has 0 aliphatic carbocycles. The highest BCUT2D eigenvalue weighted by Gasteiger charge is 2.21. The Morgan fingerprint density at radius 2 is 1.57 bits per heavy atom. The quantitative estimate of drug-likeness (QED) is 0.628. The van der Waals surface area contributed by atoms with Gasteiger partial charge < -0.3 is 4.90 Å². The van der Waals surface area contributed by atoms with Crippen molar-refractivity contribution >= 4 is 5.91 Å². The fourth-order valence-electron chi connectivity index (χ4n) is 1.17. The maximum atomic E-state index is 12.1. The van der Waals surface area contributed by atoms with E-state index in [9.17, 15) is 13.6 Å². The average molecular weight is 207 g/mol. The normalized spacial score (nSPS) is 10.6. The predicted molar refractivity (Wildman–Crippen MR) is 52.4 cm³/mol. The van der Waals surface area contributed by atoms with Crippen LogP contribution in [0.15, 0.2) is 0 Å². The van der Waals surface area contributed by atoms with Crippen LogP contribution in [0.5, 0.6) is 0 Å². The summed E-state index contributed by atoms with van der Waals surface area (Å²) in [7, 11) is 0. The topological polar surface area (TPSA) is 20.3 Å². The van der Waals surface area contributed by atoms with Crippen molar-refractivity contribution in [2.45, 2.75) is 46.0 Å². The number of carbonyl (C=O) groups excluding carboxylic acids is 1. The highest BCUT2D eigenvalue weighted by Crippen LogP contribution is 2.05. The predicted octanol–water partition coefficient (Wildman–Crippen LogP) is 2.68. The molecule has 2 nitrogen and oxygen atoms in total. The van der Waals surface area contributed by atoms with Gasteiger partial charge in [-0.15, -0.1) is 0 Å². The number of alkyl halides is 2. The van der Waals surface area contributed by atoms with Gasteiger partial charge in [0, 0.05) is 13.1 Å². The van der Waals surface area contributed by atoms with Crippen LogP contribution in [-0.2, 0) is 4.79 Å². The Morgan fingerprint density at radius 1 is 1.14 bits per heavy atom. The third-order valence-corrected chi connectivity index (χ3v) is 2.06. The van der Waals surface area contributed by atoms with Crippen molar-refractivity contribution in [2.75, 3.05) is 13.1 Å². The minimum Gasteiger partial charge on any atom is -0.338 e. The largest absolute Gasteiger partial charge is 0.338 e. The highest BCUT2D eigenvalue weighted by molar-refractivity contribution is 5.79. The zero-order valence-corrected chi connectivity index (χ0v) is 8.93. The Labute approximate surface area is 84.3 Å². The Morgan fingerprint density at radius 3 is 1.86 bits per heavy atom. The number of amides is 1. The van der Waals surface area contributed by atoms with Crippen molar-refractivity contribution < 1.29 is 13.6 Å². The first-order valence-electron chi connectivity index (χ1n) is 5.20. The minimum atomic E-state index is -2.86. The summed E-state index contributed by atoms with van der Waals surface area (Å²) in [5.74, 6) is -1.02. The number of carbonyl (C=O) groups is 1. The van der Waals surface area contributed by atoms with Gasteiger partial charge in [0.2, 0.25) is 0 Å². The molecule has 0 N–H and O–H groups in total. The molecule has 0 spiro atoms. The van der Waals surface area contributed by atoms with Gasteiger partial charge in [-0.2, -0.15) is 8.78 Å². The Bertz CT molecular complexity index is 154. The van der Waals surface area contributed by atoms with Gasteiger partial charge in [-0.25, -0.2) is 0 Å². The molecule has 0 atom stereocenters. The molecule has 0 bridgehead atoms. The molecule has 1 amide bonds. The molecule has 0 aromatic carbocycles. The lowest BCUT2D eigenvalue weighted by Gasteiger charge is -2.21. The van der Waals surface area contributed by atoms with Crippen molar-refractivity contribution in [3.8, 4) is 0 Å². The molecule has 0 rings (SSSR count). The summed E-state index contributed by atoms with van der Waals surface area (Å²) in [6.45, 7) is 4.87. The third kappa shape index (κ3) is 5.14. The lowest BCUT2D eigenvalue weighted by Crippen LogP contribution is -2.37. The molecule has 0 aliphatic rings. The van der Waals surface area contributed by atoms with Crippen molar-refractivity contribution in [1.82, 2.24) is 4.90 Å². The summed E-state index contributed by atoms with van der Waals surface area (Å²) in [4.78, 5) is 12.3. The second-order valence-corrected chi connectivity index (χ2v) is 3.33. The van der Waals surface area contributed by atoms with E-state index in [2.05, 4.69) is 0 Å². The van der Waals surface area contributed by atoms with Gasteiger partial charge in [0.15, 0.2) is 0 Å². The monoisotopic (exact) mass is 207 g/mol. The van der Waals surface area contributed by atoms with Gasteiger partial charge in [0.1, 0.15) is 0 Å². The highest BCUT2D eigenvalue weighted by atomic mass is 19.3. The summed E-state index contributed by atoms with van der Waals surface area (Å²) in [6.07, 6.45) is 0.562. The van der Waals surface area contributed by atoms with Gasteiger partial charge in [-0.05, 0) is 12.8 Å². The summed E-state index contributed by atoms with van der Waals surface area (Å²) < 4.78 is 24.3. The number of nitrogens with zero attached hydrogens (tertiary/aromatic N) is 1. The molecule has 0 radical (unpaired) electrons.